The van der Waals surface area contributed by atoms with E-state index in [2.05, 4.69) is 26.1 Å². The van der Waals surface area contributed by atoms with Gasteiger partial charge in [0.2, 0.25) is 0 Å². The molecule has 0 bridgehead atoms. The van der Waals surface area contributed by atoms with Crippen molar-refractivity contribution in [3.8, 4) is 0 Å². The number of carbonyl (C=O) groups is 1. The van der Waals surface area contributed by atoms with E-state index in [0.717, 1.165) is 12.0 Å². The Balaban J connectivity index is 0.00000289. The summed E-state index contributed by atoms with van der Waals surface area (Å²) in [5, 5.41) is 2.93. The molecule has 0 aliphatic rings. The summed E-state index contributed by atoms with van der Waals surface area (Å²) in [6.07, 6.45) is 0.958. The van der Waals surface area contributed by atoms with E-state index in [1.54, 1.807) is 12.1 Å². The Morgan fingerprint density at radius 1 is 1.33 bits per heavy atom. The van der Waals surface area contributed by atoms with Gasteiger partial charge in [0.25, 0.3) is 5.91 Å². The summed E-state index contributed by atoms with van der Waals surface area (Å²) in [6.45, 7) is 9.08. The molecule has 0 saturated heterocycles. The molecule has 0 aliphatic carbocycles. The van der Waals surface area contributed by atoms with Crippen molar-refractivity contribution in [1.29, 1.82) is 0 Å². The predicted molar refractivity (Wildman–Crippen MR) is 79.2 cm³/mol. The number of nitrogens with two attached hydrogens (primary N) is 1. The van der Waals surface area contributed by atoms with Crippen molar-refractivity contribution in [2.24, 2.45) is 5.41 Å². The van der Waals surface area contributed by atoms with Gasteiger partial charge in [-0.2, -0.15) is 0 Å². The van der Waals surface area contributed by atoms with Crippen LogP contribution in [0.3, 0.4) is 0 Å². The lowest BCUT2D eigenvalue weighted by Gasteiger charge is -2.18. The summed E-state index contributed by atoms with van der Waals surface area (Å²) in [5.74, 6) is -0.0425. The molecule has 0 aromatic heterocycles. The Morgan fingerprint density at radius 2 is 1.94 bits per heavy atom. The van der Waals surface area contributed by atoms with Crippen LogP contribution in [0.2, 0.25) is 0 Å². The monoisotopic (exact) mass is 270 g/mol. The molecule has 0 aliphatic heterocycles. The Hall–Kier alpha value is -1.22. The standard InChI is InChI=1S/C14H22N2O.ClH/c1-10-5-6-11(15)9-12(10)13(17)16-8-7-14(2,3)4;/h5-6,9H,7-8,15H2,1-4H3,(H,16,17);1H. The average molecular weight is 271 g/mol. The summed E-state index contributed by atoms with van der Waals surface area (Å²) >= 11 is 0. The molecule has 1 amide bonds. The number of carbonyl (C=O) groups excluding carboxylic acids is 1. The molecule has 0 spiro atoms. The van der Waals surface area contributed by atoms with Crippen molar-refractivity contribution in [3.05, 3.63) is 29.3 Å². The second kappa shape index (κ2) is 6.64. The van der Waals surface area contributed by atoms with Gasteiger partial charge in [-0.1, -0.05) is 26.8 Å². The summed E-state index contributed by atoms with van der Waals surface area (Å²) in [6, 6.07) is 5.40. The second-order valence-corrected chi connectivity index (χ2v) is 5.64. The summed E-state index contributed by atoms with van der Waals surface area (Å²) in [7, 11) is 0. The maximum atomic E-state index is 11.9. The van der Waals surface area contributed by atoms with Crippen molar-refractivity contribution in [3.63, 3.8) is 0 Å². The lowest BCUT2D eigenvalue weighted by molar-refractivity contribution is 0.0949. The molecule has 0 fully saturated rings. The molecule has 0 atom stereocenters. The highest BCUT2D eigenvalue weighted by Crippen LogP contribution is 2.17. The van der Waals surface area contributed by atoms with Crippen LogP contribution in [0.15, 0.2) is 18.2 Å². The third-order valence-corrected chi connectivity index (χ3v) is 2.67. The van der Waals surface area contributed by atoms with Gasteiger partial charge >= 0.3 is 0 Å². The molecular formula is C14H23ClN2O. The van der Waals surface area contributed by atoms with E-state index < -0.39 is 0 Å². The molecule has 1 aromatic rings. The third-order valence-electron chi connectivity index (χ3n) is 2.67. The van der Waals surface area contributed by atoms with Crippen LogP contribution in [-0.2, 0) is 0 Å². The van der Waals surface area contributed by atoms with E-state index in [4.69, 9.17) is 5.73 Å². The van der Waals surface area contributed by atoms with Crippen molar-refractivity contribution in [2.45, 2.75) is 34.1 Å². The van der Waals surface area contributed by atoms with E-state index in [0.29, 0.717) is 17.8 Å². The van der Waals surface area contributed by atoms with Gasteiger partial charge in [-0.3, -0.25) is 4.79 Å². The van der Waals surface area contributed by atoms with Gasteiger partial charge in [0.05, 0.1) is 0 Å². The molecule has 0 saturated carbocycles. The number of anilines is 1. The zero-order valence-electron chi connectivity index (χ0n) is 11.5. The summed E-state index contributed by atoms with van der Waals surface area (Å²) in [5.41, 5.74) is 8.16. The normalized spacial score (nSPS) is 10.7. The first-order chi connectivity index (χ1) is 7.79. The Bertz CT molecular complexity index is 411. The molecule has 0 heterocycles. The highest BCUT2D eigenvalue weighted by atomic mass is 35.5. The molecule has 18 heavy (non-hydrogen) atoms. The number of nitrogen functional groups attached to an aromatic ring is 1. The molecular weight excluding hydrogens is 248 g/mol. The fraction of sp³-hybridized carbons (Fsp3) is 0.500. The quantitative estimate of drug-likeness (QED) is 0.829. The minimum Gasteiger partial charge on any atom is -0.399 e. The maximum absolute atomic E-state index is 11.9. The van der Waals surface area contributed by atoms with Gasteiger partial charge in [0.1, 0.15) is 0 Å². The third kappa shape index (κ3) is 5.41. The summed E-state index contributed by atoms with van der Waals surface area (Å²) in [4.78, 5) is 11.9. The zero-order chi connectivity index (χ0) is 13.1. The van der Waals surface area contributed by atoms with Crippen LogP contribution >= 0.6 is 12.4 Å². The van der Waals surface area contributed by atoms with Crippen LogP contribution in [-0.4, -0.2) is 12.5 Å². The SMILES string of the molecule is Cc1ccc(N)cc1C(=O)NCCC(C)(C)C.Cl. The van der Waals surface area contributed by atoms with Gasteiger partial charge in [-0.15, -0.1) is 12.4 Å². The minimum atomic E-state index is -0.0425. The molecule has 1 aromatic carbocycles. The lowest BCUT2D eigenvalue weighted by atomic mass is 9.92. The number of hydrogen-bond donors (Lipinski definition) is 2. The van der Waals surface area contributed by atoms with E-state index in [-0.39, 0.29) is 23.7 Å². The van der Waals surface area contributed by atoms with E-state index in [1.165, 1.54) is 0 Å². The van der Waals surface area contributed by atoms with E-state index >= 15 is 0 Å². The van der Waals surface area contributed by atoms with Crippen LogP contribution in [0.4, 0.5) is 5.69 Å². The predicted octanol–water partition coefficient (Wildman–Crippen LogP) is 3.17. The van der Waals surface area contributed by atoms with Gasteiger partial charge in [-0.25, -0.2) is 0 Å². The highest BCUT2D eigenvalue weighted by Gasteiger charge is 2.12. The Labute approximate surface area is 116 Å². The number of rotatable bonds is 3. The zero-order valence-corrected chi connectivity index (χ0v) is 12.4. The van der Waals surface area contributed by atoms with Gasteiger partial charge in [0.15, 0.2) is 0 Å². The van der Waals surface area contributed by atoms with Crippen LogP contribution < -0.4 is 11.1 Å². The minimum absolute atomic E-state index is 0. The number of benzene rings is 1. The smallest absolute Gasteiger partial charge is 0.251 e. The van der Waals surface area contributed by atoms with Crippen LogP contribution in [0.1, 0.15) is 43.1 Å². The van der Waals surface area contributed by atoms with Crippen LogP contribution in [0.5, 0.6) is 0 Å². The van der Waals surface area contributed by atoms with Crippen molar-refractivity contribution < 1.29 is 4.79 Å². The number of aryl methyl sites for hydroxylation is 1. The number of hydrogen-bond acceptors (Lipinski definition) is 2. The van der Waals surface area contributed by atoms with Crippen molar-refractivity contribution >= 4 is 24.0 Å². The highest BCUT2D eigenvalue weighted by molar-refractivity contribution is 5.96. The first-order valence-corrected chi connectivity index (χ1v) is 5.94. The second-order valence-electron chi connectivity index (χ2n) is 5.64. The summed E-state index contributed by atoms with van der Waals surface area (Å²) < 4.78 is 0. The van der Waals surface area contributed by atoms with Crippen molar-refractivity contribution in [2.75, 3.05) is 12.3 Å². The lowest BCUT2D eigenvalue weighted by Crippen LogP contribution is -2.27. The fourth-order valence-electron chi connectivity index (χ4n) is 1.53. The largest absolute Gasteiger partial charge is 0.399 e. The van der Waals surface area contributed by atoms with Gasteiger partial charge in [-0.05, 0) is 36.5 Å². The topological polar surface area (TPSA) is 55.1 Å². The molecule has 4 heteroatoms. The molecule has 1 rings (SSSR count). The van der Waals surface area contributed by atoms with E-state index in [1.807, 2.05) is 13.0 Å². The molecule has 0 radical (unpaired) electrons. The molecule has 3 N–H and O–H groups in total. The number of nitrogens with one attached hydrogen (secondary N) is 1. The Kier molecular flexibility index (Phi) is 6.19. The molecule has 102 valence electrons. The van der Waals surface area contributed by atoms with Gasteiger partial charge in [0, 0.05) is 17.8 Å². The number of amides is 1. The first-order valence-electron chi connectivity index (χ1n) is 5.94. The van der Waals surface area contributed by atoms with Crippen LogP contribution in [0, 0.1) is 12.3 Å². The van der Waals surface area contributed by atoms with Gasteiger partial charge < -0.3 is 11.1 Å². The molecule has 3 nitrogen and oxygen atoms in total. The number of halogens is 1. The maximum Gasteiger partial charge on any atom is 0.251 e. The average Bonchev–Trinajstić information content (AvgIpc) is 2.19. The molecule has 0 unspecified atom stereocenters. The fourth-order valence-corrected chi connectivity index (χ4v) is 1.53. The van der Waals surface area contributed by atoms with Crippen LogP contribution in [0.25, 0.3) is 0 Å². The Morgan fingerprint density at radius 3 is 2.50 bits per heavy atom. The first kappa shape index (κ1) is 16.8. The van der Waals surface area contributed by atoms with Crippen molar-refractivity contribution in [1.82, 2.24) is 5.32 Å². The van der Waals surface area contributed by atoms with E-state index in [9.17, 15) is 4.79 Å².